The molecule has 0 aliphatic rings. The van der Waals surface area contributed by atoms with Crippen molar-refractivity contribution in [1.29, 1.82) is 0 Å². The fourth-order valence-corrected chi connectivity index (χ4v) is 1.35. The molecule has 1 aromatic rings. The van der Waals surface area contributed by atoms with Crippen LogP contribution >= 0.6 is 0 Å². The van der Waals surface area contributed by atoms with Crippen molar-refractivity contribution in [3.8, 4) is 5.75 Å². The molecule has 4 nitrogen and oxygen atoms in total. The first-order chi connectivity index (χ1) is 8.83. The minimum atomic E-state index is -4.90. The van der Waals surface area contributed by atoms with Crippen molar-refractivity contribution in [1.82, 2.24) is 0 Å². The lowest BCUT2D eigenvalue weighted by Gasteiger charge is -2.12. The van der Waals surface area contributed by atoms with E-state index in [1.807, 2.05) is 0 Å². The highest BCUT2D eigenvalue weighted by atomic mass is 19.4. The van der Waals surface area contributed by atoms with Crippen molar-refractivity contribution in [2.24, 2.45) is 0 Å². The minimum Gasteiger partial charge on any atom is -0.466 e. The van der Waals surface area contributed by atoms with E-state index in [4.69, 9.17) is 0 Å². The maximum atomic E-state index is 12.1. The number of ether oxygens (including phenoxy) is 2. The predicted octanol–water partition coefficient (Wildman–Crippen LogP) is 2.72. The smallest absolute Gasteiger partial charge is 0.466 e. The number of ketones is 1. The predicted molar refractivity (Wildman–Crippen MR) is 58.7 cm³/mol. The van der Waals surface area contributed by atoms with Gasteiger partial charge in [-0.1, -0.05) is 12.1 Å². The fraction of sp³-hybridized carbons (Fsp3) is 0.333. The molecule has 0 saturated carbocycles. The largest absolute Gasteiger partial charge is 0.573 e. The average Bonchev–Trinajstić information content (AvgIpc) is 2.27. The molecule has 0 fully saturated rings. The standard InChI is InChI=1S/C12H11F3O4/c1-2-18-11(17)7-9(16)8-5-3-4-6-10(8)19-12(13,14)15/h3-6H,2,7H2,1H3. The van der Waals surface area contributed by atoms with E-state index in [2.05, 4.69) is 9.47 Å². The van der Waals surface area contributed by atoms with E-state index in [-0.39, 0.29) is 12.2 Å². The number of esters is 1. The molecule has 0 N–H and O–H groups in total. The van der Waals surface area contributed by atoms with Gasteiger partial charge in [-0.2, -0.15) is 0 Å². The van der Waals surface area contributed by atoms with Gasteiger partial charge in [0.25, 0.3) is 0 Å². The Morgan fingerprint density at radius 1 is 1.21 bits per heavy atom. The average molecular weight is 276 g/mol. The maximum absolute atomic E-state index is 12.1. The van der Waals surface area contributed by atoms with E-state index >= 15 is 0 Å². The van der Waals surface area contributed by atoms with Crippen LogP contribution < -0.4 is 4.74 Å². The third-order valence-electron chi connectivity index (χ3n) is 2.02. The molecule has 0 amide bonds. The van der Waals surface area contributed by atoms with Crippen LogP contribution in [-0.4, -0.2) is 24.7 Å². The molecule has 0 heterocycles. The van der Waals surface area contributed by atoms with Crippen LogP contribution in [0.2, 0.25) is 0 Å². The van der Waals surface area contributed by atoms with Crippen LogP contribution in [-0.2, 0) is 9.53 Å². The SMILES string of the molecule is CCOC(=O)CC(=O)c1ccccc1OC(F)(F)F. The summed E-state index contributed by atoms with van der Waals surface area (Å²) < 4.78 is 44.7. The van der Waals surface area contributed by atoms with Crippen LogP contribution in [0.4, 0.5) is 13.2 Å². The molecule has 0 aliphatic carbocycles. The number of benzene rings is 1. The molecule has 0 atom stereocenters. The Balaban J connectivity index is 2.88. The Morgan fingerprint density at radius 3 is 2.42 bits per heavy atom. The van der Waals surface area contributed by atoms with E-state index in [0.29, 0.717) is 0 Å². The molecule has 0 spiro atoms. The fourth-order valence-electron chi connectivity index (χ4n) is 1.35. The van der Waals surface area contributed by atoms with Crippen molar-refractivity contribution >= 4 is 11.8 Å². The van der Waals surface area contributed by atoms with Gasteiger partial charge in [0.15, 0.2) is 5.78 Å². The van der Waals surface area contributed by atoms with Crippen LogP contribution in [0, 0.1) is 0 Å². The highest BCUT2D eigenvalue weighted by Crippen LogP contribution is 2.27. The normalized spacial score (nSPS) is 10.9. The van der Waals surface area contributed by atoms with Gasteiger partial charge in [-0.15, -0.1) is 13.2 Å². The Morgan fingerprint density at radius 2 is 1.84 bits per heavy atom. The zero-order chi connectivity index (χ0) is 14.5. The van der Waals surface area contributed by atoms with E-state index in [1.165, 1.54) is 12.1 Å². The number of halogens is 3. The molecule has 1 rings (SSSR count). The molecule has 19 heavy (non-hydrogen) atoms. The second kappa shape index (κ2) is 6.21. The van der Waals surface area contributed by atoms with Gasteiger partial charge in [0.2, 0.25) is 0 Å². The number of carbonyl (C=O) groups is 2. The van der Waals surface area contributed by atoms with E-state index in [1.54, 1.807) is 6.92 Å². The molecule has 0 radical (unpaired) electrons. The number of hydrogen-bond donors (Lipinski definition) is 0. The molecule has 7 heteroatoms. The summed E-state index contributed by atoms with van der Waals surface area (Å²) in [5.41, 5.74) is -0.312. The third kappa shape index (κ3) is 4.99. The van der Waals surface area contributed by atoms with Gasteiger partial charge in [-0.25, -0.2) is 0 Å². The summed E-state index contributed by atoms with van der Waals surface area (Å²) in [6.07, 6.45) is -5.54. The maximum Gasteiger partial charge on any atom is 0.573 e. The molecular weight excluding hydrogens is 265 g/mol. The highest BCUT2D eigenvalue weighted by Gasteiger charge is 2.33. The summed E-state index contributed by atoms with van der Waals surface area (Å²) >= 11 is 0. The lowest BCUT2D eigenvalue weighted by molar-refractivity contribution is -0.274. The molecule has 0 bridgehead atoms. The number of Topliss-reactive ketones (excluding diaryl/α,β-unsaturated/α-hetero) is 1. The summed E-state index contributed by atoms with van der Waals surface area (Å²) in [7, 11) is 0. The first-order valence-corrected chi connectivity index (χ1v) is 5.37. The topological polar surface area (TPSA) is 52.6 Å². The van der Waals surface area contributed by atoms with Gasteiger partial charge in [0, 0.05) is 0 Å². The van der Waals surface area contributed by atoms with Crippen molar-refractivity contribution in [2.75, 3.05) is 6.61 Å². The molecule has 0 saturated heterocycles. The van der Waals surface area contributed by atoms with Gasteiger partial charge in [-0.3, -0.25) is 9.59 Å². The van der Waals surface area contributed by atoms with Crippen molar-refractivity contribution in [3.63, 3.8) is 0 Å². The number of carbonyl (C=O) groups excluding carboxylic acids is 2. The van der Waals surface area contributed by atoms with Gasteiger partial charge in [0.05, 0.1) is 12.2 Å². The van der Waals surface area contributed by atoms with Gasteiger partial charge in [0.1, 0.15) is 12.2 Å². The van der Waals surface area contributed by atoms with Crippen LogP contribution in [0.25, 0.3) is 0 Å². The van der Waals surface area contributed by atoms with Crippen LogP contribution in [0.3, 0.4) is 0 Å². The highest BCUT2D eigenvalue weighted by molar-refractivity contribution is 6.07. The molecule has 1 aromatic carbocycles. The van der Waals surface area contributed by atoms with Crippen molar-refractivity contribution < 1.29 is 32.2 Å². The lowest BCUT2D eigenvalue weighted by Crippen LogP contribution is -2.20. The van der Waals surface area contributed by atoms with E-state index in [9.17, 15) is 22.8 Å². The summed E-state index contributed by atoms with van der Waals surface area (Å²) in [5, 5.41) is 0. The molecule has 0 unspecified atom stereocenters. The second-order valence-corrected chi connectivity index (χ2v) is 3.45. The number of rotatable bonds is 5. The first kappa shape index (κ1) is 15.0. The van der Waals surface area contributed by atoms with Crippen LogP contribution in [0.1, 0.15) is 23.7 Å². The molecule has 0 aromatic heterocycles. The quantitative estimate of drug-likeness (QED) is 0.471. The van der Waals surface area contributed by atoms with Crippen LogP contribution in [0.5, 0.6) is 5.75 Å². The monoisotopic (exact) mass is 276 g/mol. The zero-order valence-electron chi connectivity index (χ0n) is 9.99. The molecular formula is C12H11F3O4. The van der Waals surface area contributed by atoms with Crippen LogP contribution in [0.15, 0.2) is 24.3 Å². The van der Waals surface area contributed by atoms with E-state index < -0.39 is 30.3 Å². The van der Waals surface area contributed by atoms with Crippen molar-refractivity contribution in [2.45, 2.75) is 19.7 Å². The van der Waals surface area contributed by atoms with Gasteiger partial charge >= 0.3 is 12.3 Å². The Hall–Kier alpha value is -2.05. The number of para-hydroxylation sites is 1. The minimum absolute atomic E-state index is 0.0901. The van der Waals surface area contributed by atoms with Gasteiger partial charge < -0.3 is 9.47 Å². The summed E-state index contributed by atoms with van der Waals surface area (Å²) in [4.78, 5) is 22.8. The summed E-state index contributed by atoms with van der Waals surface area (Å²) in [6.45, 7) is 1.65. The first-order valence-electron chi connectivity index (χ1n) is 5.37. The summed E-state index contributed by atoms with van der Waals surface area (Å²) in [6, 6.07) is 4.83. The van der Waals surface area contributed by atoms with Gasteiger partial charge in [-0.05, 0) is 19.1 Å². The Kier molecular flexibility index (Phi) is 4.91. The Bertz CT molecular complexity index is 468. The van der Waals surface area contributed by atoms with E-state index in [0.717, 1.165) is 12.1 Å². The number of alkyl halides is 3. The zero-order valence-corrected chi connectivity index (χ0v) is 9.99. The summed E-state index contributed by atoms with van der Waals surface area (Å²) in [5.74, 6) is -2.23. The Labute approximate surface area is 107 Å². The molecule has 0 aliphatic heterocycles. The van der Waals surface area contributed by atoms with Crippen molar-refractivity contribution in [3.05, 3.63) is 29.8 Å². The molecule has 104 valence electrons. The second-order valence-electron chi connectivity index (χ2n) is 3.45. The lowest BCUT2D eigenvalue weighted by atomic mass is 10.1. The third-order valence-corrected chi connectivity index (χ3v) is 2.02. The number of hydrogen-bond acceptors (Lipinski definition) is 4.